The van der Waals surface area contributed by atoms with Gasteiger partial charge in [0.05, 0.1) is 13.2 Å². The third-order valence-corrected chi connectivity index (χ3v) is 4.45. The van der Waals surface area contributed by atoms with Gasteiger partial charge in [0.1, 0.15) is 5.75 Å². The van der Waals surface area contributed by atoms with Gasteiger partial charge in [-0.3, -0.25) is 4.79 Å². The number of carbonyl (C=O) groups excluding carboxylic acids is 1. The van der Waals surface area contributed by atoms with Gasteiger partial charge in [-0.25, -0.2) is 0 Å². The van der Waals surface area contributed by atoms with Crippen LogP contribution in [0.5, 0.6) is 5.75 Å². The number of anilines is 1. The fourth-order valence-corrected chi connectivity index (χ4v) is 3.54. The van der Waals surface area contributed by atoms with Crippen LogP contribution in [0, 0.1) is 0 Å². The molecule has 2 aliphatic rings. The number of hydrogen-bond acceptors (Lipinski definition) is 3. The molecule has 0 saturated carbocycles. The van der Waals surface area contributed by atoms with E-state index in [1.807, 2.05) is 49.4 Å². The Balaban J connectivity index is 1.99. The van der Waals surface area contributed by atoms with Crippen LogP contribution < -0.4 is 10.1 Å². The van der Waals surface area contributed by atoms with Crippen molar-refractivity contribution in [3.63, 3.8) is 0 Å². The lowest BCUT2D eigenvalue weighted by Gasteiger charge is -2.37. The van der Waals surface area contributed by atoms with E-state index in [0.717, 1.165) is 34.5 Å². The lowest BCUT2D eigenvalue weighted by Crippen LogP contribution is -2.45. The molecule has 2 heterocycles. The van der Waals surface area contributed by atoms with Gasteiger partial charge in [-0.1, -0.05) is 24.3 Å². The largest absolute Gasteiger partial charge is 0.497 e. The first-order chi connectivity index (χ1) is 10.6. The number of hydrogen-bond donors (Lipinski definition) is 1. The highest BCUT2D eigenvalue weighted by molar-refractivity contribution is 6.07. The van der Waals surface area contributed by atoms with Crippen LogP contribution in [-0.4, -0.2) is 19.1 Å². The molecule has 1 spiro atoms. The lowest BCUT2D eigenvalue weighted by molar-refractivity contribution is -0.144. The van der Waals surface area contributed by atoms with Crippen LogP contribution in [0.1, 0.15) is 23.6 Å². The summed E-state index contributed by atoms with van der Waals surface area (Å²) in [5.41, 5.74) is 2.68. The van der Waals surface area contributed by atoms with Crippen molar-refractivity contribution in [3.8, 4) is 5.75 Å². The van der Waals surface area contributed by atoms with Crippen LogP contribution in [0.3, 0.4) is 0 Å². The van der Waals surface area contributed by atoms with Crippen LogP contribution >= 0.6 is 0 Å². The predicted octanol–water partition coefficient (Wildman–Crippen LogP) is 2.85. The summed E-state index contributed by atoms with van der Waals surface area (Å²) >= 11 is 0. The normalized spacial score (nSPS) is 25.5. The first kappa shape index (κ1) is 13.3. The maximum absolute atomic E-state index is 12.8. The van der Waals surface area contributed by atoms with Crippen molar-refractivity contribution in [1.82, 2.24) is 0 Å². The highest BCUT2D eigenvalue weighted by Gasteiger charge is 2.53. The molecule has 1 N–H and O–H groups in total. The molecule has 2 aromatic rings. The van der Waals surface area contributed by atoms with Crippen molar-refractivity contribution in [2.75, 3.05) is 12.4 Å². The van der Waals surface area contributed by atoms with Crippen molar-refractivity contribution >= 4 is 11.6 Å². The van der Waals surface area contributed by atoms with E-state index < -0.39 is 5.60 Å². The minimum atomic E-state index is -1.05. The van der Waals surface area contributed by atoms with Crippen LogP contribution in [-0.2, 0) is 21.6 Å². The second-order valence-corrected chi connectivity index (χ2v) is 5.84. The quantitative estimate of drug-likeness (QED) is 0.880. The van der Waals surface area contributed by atoms with E-state index in [9.17, 15) is 4.79 Å². The third kappa shape index (κ3) is 1.64. The van der Waals surface area contributed by atoms with Gasteiger partial charge >= 0.3 is 0 Å². The van der Waals surface area contributed by atoms with E-state index in [0.29, 0.717) is 0 Å². The number of rotatable bonds is 1. The molecule has 0 saturated heterocycles. The fourth-order valence-electron chi connectivity index (χ4n) is 3.54. The molecule has 0 bridgehead atoms. The number of nitrogens with one attached hydrogen (secondary N) is 1. The molecule has 0 unspecified atom stereocenters. The summed E-state index contributed by atoms with van der Waals surface area (Å²) in [5, 5.41) is 2.95. The number of methoxy groups -OCH3 is 1. The summed E-state index contributed by atoms with van der Waals surface area (Å²) in [7, 11) is 1.65. The summed E-state index contributed by atoms with van der Waals surface area (Å²) in [4.78, 5) is 12.8. The number of carbonyl (C=O) groups is 1. The molecule has 0 fully saturated rings. The third-order valence-electron chi connectivity index (χ3n) is 4.45. The summed E-state index contributed by atoms with van der Waals surface area (Å²) < 4.78 is 11.5. The Bertz CT molecular complexity index is 771. The first-order valence-electron chi connectivity index (χ1n) is 7.41. The van der Waals surface area contributed by atoms with Gasteiger partial charge in [-0.2, -0.15) is 0 Å². The summed E-state index contributed by atoms with van der Waals surface area (Å²) in [6, 6.07) is 13.6. The number of amides is 1. The fraction of sp³-hybridized carbons (Fsp3) is 0.278. The van der Waals surface area contributed by atoms with Gasteiger partial charge < -0.3 is 14.8 Å². The van der Waals surface area contributed by atoms with Gasteiger partial charge in [0.25, 0.3) is 5.91 Å². The van der Waals surface area contributed by atoms with Gasteiger partial charge in [0, 0.05) is 16.8 Å². The van der Waals surface area contributed by atoms with Crippen molar-refractivity contribution in [3.05, 3.63) is 59.2 Å². The SMILES string of the molecule is COc1ccc2c(c1)C[C@@H](C)O[C@]21C(=O)Nc2ccccc21. The average Bonchev–Trinajstić information content (AvgIpc) is 2.79. The second kappa shape index (κ2) is 4.58. The van der Waals surface area contributed by atoms with Gasteiger partial charge in [-0.05, 0) is 37.1 Å². The first-order valence-corrected chi connectivity index (χ1v) is 7.41. The Morgan fingerprint density at radius 1 is 1.23 bits per heavy atom. The molecule has 2 atom stereocenters. The molecule has 22 heavy (non-hydrogen) atoms. The molecule has 1 amide bonds. The molecule has 0 radical (unpaired) electrons. The van der Waals surface area contributed by atoms with Crippen LogP contribution in [0.15, 0.2) is 42.5 Å². The summed E-state index contributed by atoms with van der Waals surface area (Å²) in [6.45, 7) is 2.00. The molecule has 4 rings (SSSR count). The van der Waals surface area contributed by atoms with Gasteiger partial charge in [-0.15, -0.1) is 0 Å². The minimum Gasteiger partial charge on any atom is -0.497 e. The van der Waals surface area contributed by atoms with E-state index >= 15 is 0 Å². The maximum atomic E-state index is 12.8. The highest BCUT2D eigenvalue weighted by atomic mass is 16.5. The predicted molar refractivity (Wildman–Crippen MR) is 83.1 cm³/mol. The van der Waals surface area contributed by atoms with Gasteiger partial charge in [0.15, 0.2) is 5.60 Å². The van der Waals surface area contributed by atoms with E-state index in [4.69, 9.17) is 9.47 Å². The topological polar surface area (TPSA) is 47.6 Å². The number of benzene rings is 2. The van der Waals surface area contributed by atoms with Crippen molar-refractivity contribution < 1.29 is 14.3 Å². The van der Waals surface area contributed by atoms with Crippen molar-refractivity contribution in [2.24, 2.45) is 0 Å². The monoisotopic (exact) mass is 295 g/mol. The van der Waals surface area contributed by atoms with E-state index in [1.54, 1.807) is 7.11 Å². The minimum absolute atomic E-state index is 0.0449. The zero-order valence-electron chi connectivity index (χ0n) is 12.6. The summed E-state index contributed by atoms with van der Waals surface area (Å²) in [5.74, 6) is 0.682. The summed E-state index contributed by atoms with van der Waals surface area (Å²) in [6.07, 6.45) is 0.723. The van der Waals surface area contributed by atoms with Crippen LogP contribution in [0.25, 0.3) is 0 Å². The molecule has 2 aromatic carbocycles. The molecular weight excluding hydrogens is 278 g/mol. The zero-order chi connectivity index (χ0) is 15.3. The van der Waals surface area contributed by atoms with Crippen LogP contribution in [0.4, 0.5) is 5.69 Å². The Morgan fingerprint density at radius 3 is 2.86 bits per heavy atom. The maximum Gasteiger partial charge on any atom is 0.266 e. The van der Waals surface area contributed by atoms with E-state index in [2.05, 4.69) is 5.32 Å². The van der Waals surface area contributed by atoms with Crippen molar-refractivity contribution in [2.45, 2.75) is 25.0 Å². The molecule has 2 aliphatic heterocycles. The molecule has 0 aromatic heterocycles. The Kier molecular flexibility index (Phi) is 2.78. The standard InChI is InChI=1S/C18H17NO3/c1-11-9-12-10-13(21-2)7-8-14(12)18(22-11)15-5-3-4-6-16(15)19-17(18)20/h3-8,10-11H,9H2,1-2H3,(H,19,20)/t11-,18-/m1/s1. The Hall–Kier alpha value is -2.33. The van der Waals surface area contributed by atoms with Crippen LogP contribution in [0.2, 0.25) is 0 Å². The lowest BCUT2D eigenvalue weighted by atomic mass is 9.80. The molecule has 0 aliphatic carbocycles. The Morgan fingerprint density at radius 2 is 2.05 bits per heavy atom. The van der Waals surface area contributed by atoms with E-state index in [1.165, 1.54) is 0 Å². The highest BCUT2D eigenvalue weighted by Crippen LogP contribution is 2.48. The smallest absolute Gasteiger partial charge is 0.266 e. The number of para-hydroxylation sites is 1. The molecule has 4 nitrogen and oxygen atoms in total. The number of fused-ring (bicyclic) bond motifs is 4. The molecular formula is C18H17NO3. The van der Waals surface area contributed by atoms with Crippen molar-refractivity contribution in [1.29, 1.82) is 0 Å². The van der Waals surface area contributed by atoms with Gasteiger partial charge in [0.2, 0.25) is 0 Å². The average molecular weight is 295 g/mol. The second-order valence-electron chi connectivity index (χ2n) is 5.84. The molecule has 4 heteroatoms. The Labute approximate surface area is 129 Å². The molecule has 112 valence electrons. The van der Waals surface area contributed by atoms with E-state index in [-0.39, 0.29) is 12.0 Å². The zero-order valence-corrected chi connectivity index (χ0v) is 12.6. The number of ether oxygens (including phenoxy) is 2.